The molecule has 0 bridgehead atoms. The second-order valence-corrected chi connectivity index (χ2v) is 2.96. The zero-order chi connectivity index (χ0) is 10.5. The number of hydrogen-bond acceptors (Lipinski definition) is 4. The second-order valence-electron chi connectivity index (χ2n) is 2.26. The summed E-state index contributed by atoms with van der Waals surface area (Å²) in [5, 5.41) is 0. The van der Waals surface area contributed by atoms with Gasteiger partial charge in [0.1, 0.15) is 6.61 Å². The Morgan fingerprint density at radius 1 is 1.46 bits per heavy atom. The number of quaternary nitrogens is 1. The summed E-state index contributed by atoms with van der Waals surface area (Å²) in [6.45, 7) is 3.95. The molecule has 0 aromatic rings. The summed E-state index contributed by atoms with van der Waals surface area (Å²) < 4.78 is 18.6. The van der Waals surface area contributed by atoms with Gasteiger partial charge in [0.25, 0.3) is 0 Å². The summed E-state index contributed by atoms with van der Waals surface area (Å²) in [6, 6.07) is 0. The van der Waals surface area contributed by atoms with E-state index in [9.17, 15) is 9.46 Å². The van der Waals surface area contributed by atoms with E-state index in [1.165, 1.54) is 0 Å². The molecule has 0 aliphatic carbocycles. The molecule has 0 spiro atoms. The van der Waals surface area contributed by atoms with Crippen LogP contribution in [0.25, 0.3) is 0 Å². The van der Waals surface area contributed by atoms with E-state index in [1.54, 1.807) is 7.11 Å². The molecular weight excluding hydrogens is 193 g/mol. The standard InChI is InChI=1S/C4H9O3P.C3H9NO/c1-2-3-4-7-8(5)6;1-5-3-2-4/h2-4H2,1H3;2-4H2,1H3/p+1. The van der Waals surface area contributed by atoms with Crippen LogP contribution < -0.4 is 10.6 Å². The topological polar surface area (TPSA) is 86.2 Å². The third kappa shape index (κ3) is 24.5. The minimum Gasteiger partial charge on any atom is -0.566 e. The normalized spacial score (nSPS) is 10.3. The van der Waals surface area contributed by atoms with E-state index in [1.807, 2.05) is 6.92 Å². The highest BCUT2D eigenvalue weighted by Crippen LogP contribution is 2.08. The van der Waals surface area contributed by atoms with Crippen LogP contribution in [0.5, 0.6) is 0 Å². The van der Waals surface area contributed by atoms with Crippen molar-refractivity contribution >= 4 is 8.25 Å². The van der Waals surface area contributed by atoms with Gasteiger partial charge in [-0.15, -0.1) is 4.52 Å². The molecule has 0 aromatic heterocycles. The molecule has 0 aromatic carbocycles. The fourth-order valence-corrected chi connectivity index (χ4v) is 0.706. The van der Waals surface area contributed by atoms with E-state index in [2.05, 4.69) is 15.0 Å². The van der Waals surface area contributed by atoms with Crippen LogP contribution in [0.15, 0.2) is 0 Å². The van der Waals surface area contributed by atoms with Crippen molar-refractivity contribution in [1.29, 1.82) is 0 Å². The van der Waals surface area contributed by atoms with Crippen LogP contribution in [0.4, 0.5) is 0 Å². The Morgan fingerprint density at radius 2 is 2.08 bits per heavy atom. The number of hydrogen-bond donors (Lipinski definition) is 1. The van der Waals surface area contributed by atoms with E-state index in [-0.39, 0.29) is 0 Å². The number of unbranched alkanes of at least 4 members (excludes halogenated alkanes) is 1. The molecule has 0 heterocycles. The molecule has 0 rings (SSSR count). The maximum absolute atomic E-state index is 9.69. The molecule has 0 saturated heterocycles. The highest BCUT2D eigenvalue weighted by Gasteiger charge is 1.97. The van der Waals surface area contributed by atoms with Crippen LogP contribution >= 0.6 is 8.25 Å². The Hall–Kier alpha value is -0.0600. The van der Waals surface area contributed by atoms with Crippen molar-refractivity contribution in [3.05, 3.63) is 0 Å². The highest BCUT2D eigenvalue weighted by molar-refractivity contribution is 7.30. The summed E-state index contributed by atoms with van der Waals surface area (Å²) in [7, 11) is -0.940. The molecule has 0 radical (unpaired) electrons. The van der Waals surface area contributed by atoms with Crippen molar-refractivity contribution in [2.24, 2.45) is 0 Å². The first-order valence-corrected chi connectivity index (χ1v) is 5.34. The molecule has 0 aliphatic heterocycles. The Kier molecular flexibility index (Phi) is 17.1. The van der Waals surface area contributed by atoms with Crippen LogP contribution in [-0.4, -0.2) is 26.9 Å². The third-order valence-electron chi connectivity index (χ3n) is 1.04. The van der Waals surface area contributed by atoms with Crippen LogP contribution in [-0.2, 0) is 13.8 Å². The van der Waals surface area contributed by atoms with Crippen LogP contribution in [0.2, 0.25) is 0 Å². The summed E-state index contributed by atoms with van der Waals surface area (Å²) in [5.41, 5.74) is 3.55. The Balaban J connectivity index is 0. The fraction of sp³-hybridized carbons (Fsp3) is 1.00. The smallest absolute Gasteiger partial charge is 0.488 e. The number of methoxy groups -OCH3 is 1. The van der Waals surface area contributed by atoms with Gasteiger partial charge in [0.05, 0.1) is 13.2 Å². The molecule has 0 fully saturated rings. The monoisotopic (exact) mass is 212 g/mol. The molecule has 3 N–H and O–H groups in total. The molecule has 0 saturated carbocycles. The first kappa shape index (κ1) is 15.4. The highest BCUT2D eigenvalue weighted by atomic mass is 31.1. The van der Waals surface area contributed by atoms with Gasteiger partial charge in [-0.3, -0.25) is 0 Å². The Morgan fingerprint density at radius 3 is 2.31 bits per heavy atom. The van der Waals surface area contributed by atoms with Crippen molar-refractivity contribution in [2.75, 3.05) is 26.9 Å². The quantitative estimate of drug-likeness (QED) is 0.483. The summed E-state index contributed by atoms with van der Waals surface area (Å²) in [4.78, 5) is 9.69. The van der Waals surface area contributed by atoms with E-state index in [0.29, 0.717) is 6.61 Å². The Bertz CT molecular complexity index is 111. The van der Waals surface area contributed by atoms with E-state index in [0.717, 1.165) is 26.0 Å². The lowest BCUT2D eigenvalue weighted by atomic mass is 10.4. The summed E-state index contributed by atoms with van der Waals surface area (Å²) in [6.07, 6.45) is 1.77. The van der Waals surface area contributed by atoms with Crippen molar-refractivity contribution < 1.29 is 24.5 Å². The molecule has 1 atom stereocenters. The zero-order valence-electron chi connectivity index (χ0n) is 8.32. The van der Waals surface area contributed by atoms with E-state index < -0.39 is 8.25 Å². The lowest BCUT2D eigenvalue weighted by Crippen LogP contribution is -2.52. The van der Waals surface area contributed by atoms with Gasteiger partial charge in [0.2, 0.25) is 0 Å². The molecule has 0 amide bonds. The van der Waals surface area contributed by atoms with Crippen LogP contribution in [0.3, 0.4) is 0 Å². The van der Waals surface area contributed by atoms with Gasteiger partial charge in [-0.1, -0.05) is 13.3 Å². The maximum Gasteiger partial charge on any atom is 0.488 e. The van der Waals surface area contributed by atoms with Gasteiger partial charge in [-0.2, -0.15) is 0 Å². The summed E-state index contributed by atoms with van der Waals surface area (Å²) in [5.74, 6) is 0. The van der Waals surface area contributed by atoms with E-state index in [4.69, 9.17) is 0 Å². The predicted octanol–water partition coefficient (Wildman–Crippen LogP) is -0.304. The van der Waals surface area contributed by atoms with Gasteiger partial charge >= 0.3 is 8.25 Å². The average Bonchev–Trinajstić information content (AvgIpc) is 2.07. The first-order valence-electron chi connectivity index (χ1n) is 4.24. The van der Waals surface area contributed by atoms with E-state index >= 15 is 0 Å². The predicted molar refractivity (Wildman–Crippen MR) is 48.1 cm³/mol. The van der Waals surface area contributed by atoms with Gasteiger partial charge in [0.15, 0.2) is 0 Å². The van der Waals surface area contributed by atoms with Gasteiger partial charge in [-0.25, -0.2) is 0 Å². The third-order valence-corrected chi connectivity index (χ3v) is 1.44. The van der Waals surface area contributed by atoms with Crippen molar-refractivity contribution in [1.82, 2.24) is 0 Å². The molecule has 13 heavy (non-hydrogen) atoms. The minimum atomic E-state index is -2.61. The minimum absolute atomic E-state index is 0.329. The van der Waals surface area contributed by atoms with Crippen molar-refractivity contribution in [3.63, 3.8) is 0 Å². The average molecular weight is 212 g/mol. The molecule has 80 valence electrons. The molecule has 0 aliphatic rings. The van der Waals surface area contributed by atoms with Gasteiger partial charge in [-0.05, 0) is 11.0 Å². The van der Waals surface area contributed by atoms with Gasteiger partial charge < -0.3 is 15.4 Å². The first-order chi connectivity index (χ1) is 6.18. The molecule has 6 heteroatoms. The maximum atomic E-state index is 9.69. The SMILES string of the molecule is CCCCO[P+](=O)[O-].COCC[NH3+]. The lowest BCUT2D eigenvalue weighted by molar-refractivity contribution is -0.373. The van der Waals surface area contributed by atoms with Crippen molar-refractivity contribution in [3.8, 4) is 0 Å². The van der Waals surface area contributed by atoms with Crippen LogP contribution in [0.1, 0.15) is 19.8 Å². The lowest BCUT2D eigenvalue weighted by Gasteiger charge is -1.87. The fourth-order valence-electron chi connectivity index (χ4n) is 0.428. The number of rotatable bonds is 6. The zero-order valence-corrected chi connectivity index (χ0v) is 9.22. The van der Waals surface area contributed by atoms with Crippen LogP contribution in [0, 0.1) is 0 Å². The molecule has 1 unspecified atom stereocenters. The van der Waals surface area contributed by atoms with Gasteiger partial charge in [0, 0.05) is 7.11 Å². The van der Waals surface area contributed by atoms with Crippen molar-refractivity contribution in [2.45, 2.75) is 19.8 Å². The Labute approximate surface area is 80.2 Å². The summed E-state index contributed by atoms with van der Waals surface area (Å²) >= 11 is 0. The second kappa shape index (κ2) is 14.5. The number of ether oxygens (including phenoxy) is 1. The molecular formula is C7H19NO4P+. The largest absolute Gasteiger partial charge is 0.566 e. The molecule has 5 nitrogen and oxygen atoms in total.